The van der Waals surface area contributed by atoms with Crippen LogP contribution in [0.25, 0.3) is 0 Å². The first-order chi connectivity index (χ1) is 20.1. The number of nitrogens with one attached hydrogen (secondary N) is 1. The van der Waals surface area contributed by atoms with Crippen molar-refractivity contribution in [2.24, 2.45) is 22.7 Å². The van der Waals surface area contributed by atoms with Crippen LogP contribution in [0.3, 0.4) is 0 Å². The van der Waals surface area contributed by atoms with Crippen LogP contribution in [0, 0.1) is 36.5 Å². The van der Waals surface area contributed by atoms with Crippen LogP contribution in [-0.4, -0.2) is 52.8 Å². The highest BCUT2D eigenvalue weighted by molar-refractivity contribution is 5.91. The zero-order valence-corrected chi connectivity index (χ0v) is 27.6. The van der Waals surface area contributed by atoms with Crippen molar-refractivity contribution in [1.29, 1.82) is 0 Å². The zero-order valence-electron chi connectivity index (χ0n) is 30.6. The highest BCUT2D eigenvalue weighted by atomic mass is 16.5. The molecule has 0 aromatic heterocycles. The first kappa shape index (κ1) is 28.9. The van der Waals surface area contributed by atoms with Crippen molar-refractivity contribution in [3.05, 3.63) is 34.8 Å². The van der Waals surface area contributed by atoms with Crippen LogP contribution >= 0.6 is 0 Å². The number of amides is 1. The summed E-state index contributed by atoms with van der Waals surface area (Å²) in [5.41, 5.74) is -1.16. The molecule has 1 saturated carbocycles. The monoisotopic (exact) mass is 571 g/mol. The van der Waals surface area contributed by atoms with Crippen LogP contribution in [0.1, 0.15) is 122 Å². The van der Waals surface area contributed by atoms with Gasteiger partial charge in [-0.1, -0.05) is 73.5 Å². The van der Waals surface area contributed by atoms with Crippen molar-refractivity contribution in [2.45, 2.75) is 138 Å². The van der Waals surface area contributed by atoms with Gasteiger partial charge in [0.15, 0.2) is 0 Å². The molecule has 230 valence electrons. The van der Waals surface area contributed by atoms with Crippen molar-refractivity contribution >= 4 is 18.2 Å². The lowest BCUT2D eigenvalue weighted by Crippen LogP contribution is -2.67. The van der Waals surface area contributed by atoms with Gasteiger partial charge in [-0.15, -0.1) is 0 Å². The average Bonchev–Trinajstić information content (AvgIpc) is 3.38. The second-order valence-corrected chi connectivity index (χ2v) is 14.9. The van der Waals surface area contributed by atoms with Gasteiger partial charge in [0, 0.05) is 6.04 Å². The number of carbonyl (C=O) groups is 3. The van der Waals surface area contributed by atoms with Crippen LogP contribution < -0.4 is 5.32 Å². The third-order valence-corrected chi connectivity index (χ3v) is 10.5. The second-order valence-electron chi connectivity index (χ2n) is 14.9. The summed E-state index contributed by atoms with van der Waals surface area (Å²) >= 11 is 0. The molecule has 1 aliphatic heterocycles. The van der Waals surface area contributed by atoms with E-state index in [0.29, 0.717) is 29.5 Å². The van der Waals surface area contributed by atoms with E-state index < -0.39 is 29.0 Å². The molecule has 1 heterocycles. The van der Waals surface area contributed by atoms with E-state index in [1.807, 2.05) is 32.6 Å². The topological polar surface area (TPSA) is 75.7 Å². The minimum atomic E-state index is -1.37. The molecular weight excluding hydrogens is 512 g/mol. The van der Waals surface area contributed by atoms with Crippen molar-refractivity contribution in [1.82, 2.24) is 10.2 Å². The third kappa shape index (κ3) is 6.28. The third-order valence-electron chi connectivity index (χ3n) is 10.5. The Balaban J connectivity index is 2.07. The van der Waals surface area contributed by atoms with Crippen LogP contribution in [-0.2, 0) is 19.1 Å². The summed E-state index contributed by atoms with van der Waals surface area (Å²) in [5, 5.41) is 3.46. The number of carbonyl (C=O) groups excluding carboxylic acids is 3. The van der Waals surface area contributed by atoms with Crippen molar-refractivity contribution in [3.8, 4) is 0 Å². The van der Waals surface area contributed by atoms with E-state index >= 15 is 0 Å². The highest BCUT2D eigenvalue weighted by Gasteiger charge is 2.63. The van der Waals surface area contributed by atoms with Gasteiger partial charge in [0.2, 0.25) is 5.91 Å². The fourth-order valence-corrected chi connectivity index (χ4v) is 7.15. The molecule has 0 spiro atoms. The standard InChI is InChI=1S/C35H56N2O4/c1-13-34(11,30(39)37-28(20-38)17-27-19-32(7,8)33(9,10)29(27)37)36-35(12,31(40)41-21-22(2)3)18-25(6)26-15-14-23(4)24(5)16-26/h14-16,20,22,25,27-29,36H,13,17-19,21H2,1-12H3/t25?,27-,28+,29-,34+,35+/m1/s1/i14D,15D,16D. The van der Waals surface area contributed by atoms with Crippen LogP contribution in [0.4, 0.5) is 0 Å². The summed E-state index contributed by atoms with van der Waals surface area (Å²) in [4.78, 5) is 42.9. The molecule has 2 fully saturated rings. The molecule has 1 aliphatic carbocycles. The molecule has 3 rings (SSSR count). The normalized spacial score (nSPS) is 27.7. The van der Waals surface area contributed by atoms with Crippen LogP contribution in [0.2, 0.25) is 0 Å². The van der Waals surface area contributed by atoms with Crippen LogP contribution in [0.5, 0.6) is 0 Å². The molecule has 1 saturated heterocycles. The Morgan fingerprint density at radius 1 is 1.15 bits per heavy atom. The molecule has 1 aromatic carbocycles. The molecule has 0 radical (unpaired) electrons. The maximum Gasteiger partial charge on any atom is 0.326 e. The zero-order chi connectivity index (χ0) is 33.7. The van der Waals surface area contributed by atoms with Gasteiger partial charge in [0.25, 0.3) is 0 Å². The number of hydrogen-bond donors (Lipinski definition) is 1. The average molecular weight is 572 g/mol. The van der Waals surface area contributed by atoms with Gasteiger partial charge < -0.3 is 14.4 Å². The maximum absolute atomic E-state index is 14.7. The number of fused-ring (bicyclic) bond motifs is 1. The minimum Gasteiger partial charge on any atom is -0.464 e. The molecule has 6 heteroatoms. The molecule has 1 aromatic rings. The molecule has 1 amide bonds. The second kappa shape index (κ2) is 11.8. The Morgan fingerprint density at radius 3 is 2.34 bits per heavy atom. The first-order valence-electron chi connectivity index (χ1n) is 16.9. The number of ether oxygens (including phenoxy) is 1. The fourth-order valence-electron chi connectivity index (χ4n) is 7.15. The summed E-state index contributed by atoms with van der Waals surface area (Å²) in [7, 11) is 0. The summed E-state index contributed by atoms with van der Waals surface area (Å²) < 4.78 is 31.8. The predicted octanol–water partition coefficient (Wildman–Crippen LogP) is 6.75. The van der Waals surface area contributed by atoms with E-state index in [-0.39, 0.29) is 65.8 Å². The van der Waals surface area contributed by atoms with E-state index in [2.05, 4.69) is 33.0 Å². The molecule has 6 nitrogen and oxygen atoms in total. The highest BCUT2D eigenvalue weighted by Crippen LogP contribution is 2.60. The van der Waals surface area contributed by atoms with Gasteiger partial charge >= 0.3 is 5.97 Å². The Labute approximate surface area is 253 Å². The summed E-state index contributed by atoms with van der Waals surface area (Å²) in [5.74, 6) is -0.849. The lowest BCUT2D eigenvalue weighted by molar-refractivity contribution is -0.156. The maximum atomic E-state index is 14.7. The number of esters is 1. The summed E-state index contributed by atoms with van der Waals surface area (Å²) in [6.07, 6.45) is 2.98. The minimum absolute atomic E-state index is 0.0131. The molecule has 2 aliphatic rings. The van der Waals surface area contributed by atoms with E-state index in [0.717, 1.165) is 12.7 Å². The molecule has 6 atom stereocenters. The van der Waals surface area contributed by atoms with Crippen LogP contribution in [0.15, 0.2) is 18.1 Å². The number of likely N-dealkylation sites (tertiary alicyclic amines) is 1. The number of benzene rings is 1. The van der Waals surface area contributed by atoms with Gasteiger partial charge in [-0.2, -0.15) is 0 Å². The fraction of sp³-hybridized carbons (Fsp3) is 0.743. The van der Waals surface area contributed by atoms with Crippen molar-refractivity contribution < 1.29 is 23.2 Å². The summed E-state index contributed by atoms with van der Waals surface area (Å²) in [6, 6.07) is -0.362. The van der Waals surface area contributed by atoms with Crippen molar-refractivity contribution in [3.63, 3.8) is 0 Å². The largest absolute Gasteiger partial charge is 0.464 e. The summed E-state index contributed by atoms with van der Waals surface area (Å²) in [6.45, 7) is 23.8. The molecular formula is C35H56N2O4. The SMILES string of the molecule is [2H]c1c([2H])c(C(C)C[C@](C)(N[C@@](C)(CC)C(=O)N2[C@H](C=O)C[C@@H]3CC(C)(C)C(C)(C)[C@@H]32)C(=O)OCC(C)C)c([2H])c(C)c1C. The molecule has 0 bridgehead atoms. The van der Waals surface area contributed by atoms with Gasteiger partial charge in [0.1, 0.15) is 11.8 Å². The van der Waals surface area contributed by atoms with E-state index in [1.165, 1.54) is 0 Å². The Kier molecular flexibility index (Phi) is 8.33. The van der Waals surface area contributed by atoms with E-state index in [1.54, 1.807) is 27.7 Å². The smallest absolute Gasteiger partial charge is 0.326 e. The molecule has 1 unspecified atom stereocenters. The van der Waals surface area contributed by atoms with Crippen molar-refractivity contribution in [2.75, 3.05) is 6.61 Å². The Morgan fingerprint density at radius 2 is 1.78 bits per heavy atom. The first-order valence-corrected chi connectivity index (χ1v) is 15.4. The number of nitrogens with zero attached hydrogens (tertiary/aromatic N) is 1. The Hall–Kier alpha value is -2.21. The van der Waals surface area contributed by atoms with Gasteiger partial charge in [-0.25, -0.2) is 0 Å². The van der Waals surface area contributed by atoms with Gasteiger partial charge in [0.05, 0.1) is 22.3 Å². The number of aldehydes is 1. The number of hydrogen-bond acceptors (Lipinski definition) is 5. The lowest BCUT2D eigenvalue weighted by Gasteiger charge is -2.47. The molecule has 1 N–H and O–H groups in total. The number of rotatable bonds is 11. The van der Waals surface area contributed by atoms with Gasteiger partial charge in [-0.3, -0.25) is 14.9 Å². The quantitative estimate of drug-likeness (QED) is 0.235. The lowest BCUT2D eigenvalue weighted by atomic mass is 9.68. The molecule has 41 heavy (non-hydrogen) atoms. The van der Waals surface area contributed by atoms with E-state index in [4.69, 9.17) is 8.85 Å². The van der Waals surface area contributed by atoms with Gasteiger partial charge in [-0.05, 0) is 98.7 Å². The van der Waals surface area contributed by atoms with E-state index in [9.17, 15) is 14.4 Å². The Bertz CT molecular complexity index is 1270. The predicted molar refractivity (Wildman–Crippen MR) is 166 cm³/mol.